The van der Waals surface area contributed by atoms with E-state index in [0.717, 1.165) is 16.9 Å². The van der Waals surface area contributed by atoms with E-state index >= 15 is 0 Å². The zero-order valence-electron chi connectivity index (χ0n) is 18.5. The zero-order valence-corrected chi connectivity index (χ0v) is 18.5. The molecule has 0 aliphatic carbocycles. The lowest BCUT2D eigenvalue weighted by atomic mass is 9.99. The van der Waals surface area contributed by atoms with Gasteiger partial charge in [0.15, 0.2) is 0 Å². The Morgan fingerprint density at radius 2 is 1.64 bits per heavy atom. The molecule has 0 spiro atoms. The minimum atomic E-state index is -0.471. The predicted octanol–water partition coefficient (Wildman–Crippen LogP) is 4.39. The Hall–Kier alpha value is -4.39. The van der Waals surface area contributed by atoms with E-state index in [9.17, 15) is 14.4 Å². The van der Waals surface area contributed by atoms with Gasteiger partial charge < -0.3 is 20.3 Å². The number of nitrogens with one attached hydrogen (secondary N) is 2. The molecule has 0 saturated carbocycles. The third kappa shape index (κ3) is 4.34. The number of methoxy groups -OCH3 is 1. The van der Waals surface area contributed by atoms with E-state index in [4.69, 9.17) is 4.74 Å². The minimum Gasteiger partial charge on any atom is -0.465 e. The first-order chi connectivity index (χ1) is 15.9. The highest BCUT2D eigenvalue weighted by molar-refractivity contribution is 6.37. The molecule has 166 valence electrons. The van der Waals surface area contributed by atoms with E-state index in [-0.39, 0.29) is 11.8 Å². The molecule has 2 amide bonds. The Morgan fingerprint density at radius 3 is 2.27 bits per heavy atom. The molecule has 0 bridgehead atoms. The Labute approximate surface area is 191 Å². The van der Waals surface area contributed by atoms with Crippen LogP contribution in [0.1, 0.15) is 28.4 Å². The van der Waals surface area contributed by atoms with E-state index in [1.165, 1.54) is 14.0 Å². The second-order valence-corrected chi connectivity index (χ2v) is 7.57. The standard InChI is InChI=1S/C26H23N3O4/c1-16(30)29(2)20-12-10-19(11-13-20)27-24(17-7-5-4-6-8-17)23-21-14-9-18(26(32)33-3)15-22(21)28-25(23)31/h4-15,27H,1-3H3,(H,28,31). The molecule has 3 aromatic rings. The van der Waals surface area contributed by atoms with Crippen molar-refractivity contribution in [3.63, 3.8) is 0 Å². The Morgan fingerprint density at radius 1 is 0.939 bits per heavy atom. The van der Waals surface area contributed by atoms with Crippen molar-refractivity contribution < 1.29 is 19.1 Å². The van der Waals surface area contributed by atoms with Crippen molar-refractivity contribution in [2.24, 2.45) is 0 Å². The van der Waals surface area contributed by atoms with E-state index < -0.39 is 5.97 Å². The molecule has 0 saturated heterocycles. The maximum Gasteiger partial charge on any atom is 0.337 e. The van der Waals surface area contributed by atoms with Crippen LogP contribution >= 0.6 is 0 Å². The fourth-order valence-corrected chi connectivity index (χ4v) is 3.64. The molecule has 4 rings (SSSR count). The Balaban J connectivity index is 1.79. The van der Waals surface area contributed by atoms with Gasteiger partial charge in [-0.1, -0.05) is 36.4 Å². The first kappa shape index (κ1) is 21.8. The number of hydrogen-bond acceptors (Lipinski definition) is 5. The SMILES string of the molecule is COC(=O)c1ccc2c(c1)NC(=O)C2=C(Nc1ccc(N(C)C(C)=O)cc1)c1ccccc1. The number of hydrogen-bond donors (Lipinski definition) is 2. The van der Waals surface area contributed by atoms with Crippen molar-refractivity contribution in [1.82, 2.24) is 0 Å². The van der Waals surface area contributed by atoms with Crippen LogP contribution in [-0.2, 0) is 14.3 Å². The molecular weight excluding hydrogens is 418 g/mol. The van der Waals surface area contributed by atoms with E-state index in [0.29, 0.717) is 28.1 Å². The lowest BCUT2D eigenvalue weighted by molar-refractivity contribution is -0.116. The fourth-order valence-electron chi connectivity index (χ4n) is 3.64. The number of benzene rings is 3. The van der Waals surface area contributed by atoms with Crippen LogP contribution in [0, 0.1) is 0 Å². The molecule has 1 aliphatic rings. The lowest BCUT2D eigenvalue weighted by Crippen LogP contribution is -2.22. The number of amides is 2. The first-order valence-corrected chi connectivity index (χ1v) is 10.3. The van der Waals surface area contributed by atoms with Crippen LogP contribution in [0.15, 0.2) is 72.8 Å². The van der Waals surface area contributed by atoms with Crippen molar-refractivity contribution in [3.05, 3.63) is 89.5 Å². The number of rotatable bonds is 5. The van der Waals surface area contributed by atoms with Crippen molar-refractivity contribution >= 4 is 46.1 Å². The number of nitrogens with zero attached hydrogens (tertiary/aromatic N) is 1. The van der Waals surface area contributed by atoms with E-state index in [1.54, 1.807) is 30.1 Å². The van der Waals surface area contributed by atoms with Gasteiger partial charge in [-0.15, -0.1) is 0 Å². The lowest BCUT2D eigenvalue weighted by Gasteiger charge is -2.17. The summed E-state index contributed by atoms with van der Waals surface area (Å²) in [6.45, 7) is 1.51. The van der Waals surface area contributed by atoms with Crippen LogP contribution in [0.5, 0.6) is 0 Å². The van der Waals surface area contributed by atoms with Gasteiger partial charge in [0.25, 0.3) is 5.91 Å². The molecule has 3 aromatic carbocycles. The van der Waals surface area contributed by atoms with Crippen molar-refractivity contribution in [3.8, 4) is 0 Å². The minimum absolute atomic E-state index is 0.0617. The van der Waals surface area contributed by atoms with Crippen LogP contribution < -0.4 is 15.5 Å². The van der Waals surface area contributed by atoms with Crippen molar-refractivity contribution in [1.29, 1.82) is 0 Å². The maximum absolute atomic E-state index is 13.0. The van der Waals surface area contributed by atoms with Gasteiger partial charge in [0.05, 0.1) is 29.6 Å². The topological polar surface area (TPSA) is 87.7 Å². The molecule has 0 radical (unpaired) electrons. The van der Waals surface area contributed by atoms with Gasteiger partial charge >= 0.3 is 5.97 Å². The molecule has 2 N–H and O–H groups in total. The van der Waals surface area contributed by atoms with Gasteiger partial charge in [0.2, 0.25) is 5.91 Å². The van der Waals surface area contributed by atoms with Crippen LogP contribution in [0.2, 0.25) is 0 Å². The highest BCUT2D eigenvalue weighted by atomic mass is 16.5. The fraction of sp³-hybridized carbons (Fsp3) is 0.115. The average molecular weight is 441 g/mol. The summed E-state index contributed by atoms with van der Waals surface area (Å²) in [5.74, 6) is -0.804. The van der Waals surface area contributed by atoms with Gasteiger partial charge in [0, 0.05) is 30.9 Å². The summed E-state index contributed by atoms with van der Waals surface area (Å²) in [5, 5.41) is 6.23. The quantitative estimate of drug-likeness (QED) is 0.453. The molecule has 1 heterocycles. The Kier molecular flexibility index (Phi) is 5.95. The third-order valence-electron chi connectivity index (χ3n) is 5.49. The smallest absolute Gasteiger partial charge is 0.337 e. The molecule has 33 heavy (non-hydrogen) atoms. The van der Waals surface area contributed by atoms with Gasteiger partial charge in [-0.3, -0.25) is 9.59 Å². The summed E-state index contributed by atoms with van der Waals surface area (Å²) in [7, 11) is 3.03. The first-order valence-electron chi connectivity index (χ1n) is 10.3. The zero-order chi connectivity index (χ0) is 23.5. The predicted molar refractivity (Wildman–Crippen MR) is 129 cm³/mol. The van der Waals surface area contributed by atoms with Crippen molar-refractivity contribution in [2.45, 2.75) is 6.92 Å². The number of anilines is 3. The summed E-state index contributed by atoms with van der Waals surface area (Å²) in [5.41, 5.74) is 5.05. The molecule has 0 aromatic heterocycles. The number of fused-ring (bicyclic) bond motifs is 1. The third-order valence-corrected chi connectivity index (χ3v) is 5.49. The molecule has 7 nitrogen and oxygen atoms in total. The van der Waals surface area contributed by atoms with Crippen LogP contribution in [0.25, 0.3) is 11.3 Å². The summed E-state index contributed by atoms with van der Waals surface area (Å²) < 4.78 is 4.79. The monoisotopic (exact) mass is 441 g/mol. The summed E-state index contributed by atoms with van der Waals surface area (Å²) >= 11 is 0. The normalized spacial score (nSPS) is 13.6. The molecule has 0 unspecified atom stereocenters. The average Bonchev–Trinajstić information content (AvgIpc) is 3.17. The highest BCUT2D eigenvalue weighted by Gasteiger charge is 2.29. The second-order valence-electron chi connectivity index (χ2n) is 7.57. The summed E-state index contributed by atoms with van der Waals surface area (Å²) in [6.07, 6.45) is 0. The van der Waals surface area contributed by atoms with Crippen LogP contribution in [-0.4, -0.2) is 31.9 Å². The molecule has 0 fully saturated rings. The number of ether oxygens (including phenoxy) is 1. The number of carbonyl (C=O) groups excluding carboxylic acids is 3. The van der Waals surface area contributed by atoms with Crippen LogP contribution in [0.3, 0.4) is 0 Å². The van der Waals surface area contributed by atoms with Gasteiger partial charge in [-0.2, -0.15) is 0 Å². The maximum atomic E-state index is 13.0. The molecular formula is C26H23N3O4. The van der Waals surface area contributed by atoms with Gasteiger partial charge in [0.1, 0.15) is 0 Å². The molecule has 7 heteroatoms. The Bertz CT molecular complexity index is 1260. The van der Waals surface area contributed by atoms with Gasteiger partial charge in [-0.25, -0.2) is 4.79 Å². The summed E-state index contributed by atoms with van der Waals surface area (Å²) in [4.78, 5) is 38.1. The van der Waals surface area contributed by atoms with Crippen molar-refractivity contribution in [2.75, 3.05) is 29.7 Å². The largest absolute Gasteiger partial charge is 0.465 e. The summed E-state index contributed by atoms with van der Waals surface area (Å²) in [6, 6.07) is 21.9. The number of esters is 1. The number of carbonyl (C=O) groups is 3. The van der Waals surface area contributed by atoms with Gasteiger partial charge in [-0.05, 0) is 42.0 Å². The van der Waals surface area contributed by atoms with E-state index in [2.05, 4.69) is 10.6 Å². The second kappa shape index (κ2) is 9.00. The highest BCUT2D eigenvalue weighted by Crippen LogP contribution is 2.38. The van der Waals surface area contributed by atoms with E-state index in [1.807, 2.05) is 54.6 Å². The van der Waals surface area contributed by atoms with Crippen LogP contribution in [0.4, 0.5) is 17.1 Å². The molecule has 1 aliphatic heterocycles. The molecule has 0 atom stereocenters.